The van der Waals surface area contributed by atoms with Crippen molar-refractivity contribution in [1.29, 1.82) is 0 Å². The van der Waals surface area contributed by atoms with Crippen LogP contribution in [0.5, 0.6) is 0 Å². The number of nitrogens with one attached hydrogen (secondary N) is 1. The van der Waals surface area contributed by atoms with Gasteiger partial charge in [0.05, 0.1) is 5.92 Å². The minimum atomic E-state index is 0.113. The van der Waals surface area contributed by atoms with Crippen LogP contribution in [0.2, 0.25) is 0 Å². The summed E-state index contributed by atoms with van der Waals surface area (Å²) in [5.74, 6) is 1.48. The van der Waals surface area contributed by atoms with E-state index < -0.39 is 0 Å². The van der Waals surface area contributed by atoms with E-state index in [1.807, 2.05) is 18.5 Å². The minimum Gasteiger partial charge on any atom is -0.351 e. The average Bonchev–Trinajstić information content (AvgIpc) is 3.10. The lowest BCUT2D eigenvalue weighted by atomic mass is 9.95. The van der Waals surface area contributed by atoms with E-state index in [4.69, 9.17) is 0 Å². The number of aryl methyl sites for hydroxylation is 1. The summed E-state index contributed by atoms with van der Waals surface area (Å²) >= 11 is 0. The fourth-order valence-corrected chi connectivity index (χ4v) is 4.06. The van der Waals surface area contributed by atoms with Gasteiger partial charge in [-0.15, -0.1) is 0 Å². The van der Waals surface area contributed by atoms with E-state index in [0.717, 1.165) is 57.7 Å². The van der Waals surface area contributed by atoms with Crippen LogP contribution in [0.1, 0.15) is 30.7 Å². The van der Waals surface area contributed by atoms with Crippen LogP contribution in [0.25, 0.3) is 0 Å². The number of hydrogen-bond donors (Lipinski definition) is 1. The first kappa shape index (κ1) is 16.3. The van der Waals surface area contributed by atoms with Gasteiger partial charge in [0.25, 0.3) is 0 Å². The Bertz CT molecular complexity index is 711. The molecule has 1 aromatic heterocycles. The zero-order valence-corrected chi connectivity index (χ0v) is 14.6. The summed E-state index contributed by atoms with van der Waals surface area (Å²) in [5, 5.41) is 3.29. The van der Waals surface area contributed by atoms with Gasteiger partial charge in [-0.2, -0.15) is 0 Å². The Kier molecular flexibility index (Phi) is 4.83. The quantitative estimate of drug-likeness (QED) is 0.930. The number of piperidine rings is 1. The van der Waals surface area contributed by atoms with Gasteiger partial charge in [-0.3, -0.25) is 9.69 Å². The highest BCUT2D eigenvalue weighted by molar-refractivity contribution is 5.79. The van der Waals surface area contributed by atoms with Crippen molar-refractivity contribution in [2.75, 3.05) is 13.1 Å². The lowest BCUT2D eigenvalue weighted by Gasteiger charge is -2.33. The number of hydrogen-bond acceptors (Lipinski definition) is 3. The number of aromatic nitrogens is 2. The van der Waals surface area contributed by atoms with Crippen LogP contribution < -0.4 is 5.32 Å². The Morgan fingerprint density at radius 2 is 2.08 bits per heavy atom. The number of imidazole rings is 1. The van der Waals surface area contributed by atoms with E-state index in [1.165, 1.54) is 5.56 Å². The fraction of sp³-hybridized carbons (Fsp3) is 0.500. The van der Waals surface area contributed by atoms with E-state index in [9.17, 15) is 4.79 Å². The SMILES string of the molecule is O=C(N[C@H]1CCc2nccn2C1)[C@H]1CCCN(Cc2ccccc2)C1. The third kappa shape index (κ3) is 3.93. The fourth-order valence-electron chi connectivity index (χ4n) is 4.06. The minimum absolute atomic E-state index is 0.113. The van der Waals surface area contributed by atoms with Crippen LogP contribution >= 0.6 is 0 Å². The van der Waals surface area contributed by atoms with Gasteiger partial charge >= 0.3 is 0 Å². The van der Waals surface area contributed by atoms with Gasteiger partial charge in [0.1, 0.15) is 5.82 Å². The van der Waals surface area contributed by atoms with Crippen LogP contribution in [0.3, 0.4) is 0 Å². The van der Waals surface area contributed by atoms with E-state index in [0.29, 0.717) is 0 Å². The van der Waals surface area contributed by atoms with Crippen LogP contribution in [-0.2, 0) is 24.3 Å². The van der Waals surface area contributed by atoms with Gasteiger partial charge in [-0.05, 0) is 31.4 Å². The van der Waals surface area contributed by atoms with Crippen molar-refractivity contribution in [3.63, 3.8) is 0 Å². The molecule has 2 atom stereocenters. The second kappa shape index (κ2) is 7.40. The molecule has 0 unspecified atom stereocenters. The molecular weight excluding hydrogens is 312 g/mol. The lowest BCUT2D eigenvalue weighted by Crippen LogP contribution is -2.47. The summed E-state index contributed by atoms with van der Waals surface area (Å²) < 4.78 is 2.16. The van der Waals surface area contributed by atoms with Crippen molar-refractivity contribution in [3.8, 4) is 0 Å². The van der Waals surface area contributed by atoms with Crippen LogP contribution in [0.4, 0.5) is 0 Å². The molecule has 132 valence electrons. The predicted molar refractivity (Wildman–Crippen MR) is 96.9 cm³/mol. The molecule has 1 aromatic carbocycles. The highest BCUT2D eigenvalue weighted by atomic mass is 16.2. The molecule has 0 bridgehead atoms. The summed E-state index contributed by atoms with van der Waals surface area (Å²) in [6.45, 7) is 3.73. The summed E-state index contributed by atoms with van der Waals surface area (Å²) in [6, 6.07) is 10.8. The Labute approximate surface area is 149 Å². The maximum atomic E-state index is 12.8. The molecule has 2 aliphatic heterocycles. The molecule has 3 heterocycles. The Hall–Kier alpha value is -2.14. The molecule has 5 nitrogen and oxygen atoms in total. The highest BCUT2D eigenvalue weighted by Crippen LogP contribution is 2.20. The van der Waals surface area contributed by atoms with Gasteiger partial charge in [-0.25, -0.2) is 4.98 Å². The number of fused-ring (bicyclic) bond motifs is 1. The number of nitrogens with zero attached hydrogens (tertiary/aromatic N) is 3. The molecule has 4 rings (SSSR count). The Balaban J connectivity index is 1.31. The second-order valence-corrected chi connectivity index (χ2v) is 7.30. The summed E-state index contributed by atoms with van der Waals surface area (Å²) in [5.41, 5.74) is 1.32. The molecule has 5 heteroatoms. The molecule has 2 aliphatic rings. The first-order chi connectivity index (χ1) is 12.3. The van der Waals surface area contributed by atoms with Crippen molar-refractivity contribution in [1.82, 2.24) is 19.8 Å². The number of rotatable bonds is 4. The molecule has 25 heavy (non-hydrogen) atoms. The third-order valence-electron chi connectivity index (χ3n) is 5.41. The van der Waals surface area contributed by atoms with Gasteiger partial charge in [0, 0.05) is 44.5 Å². The average molecular weight is 338 g/mol. The highest BCUT2D eigenvalue weighted by Gasteiger charge is 2.28. The zero-order valence-electron chi connectivity index (χ0n) is 14.6. The van der Waals surface area contributed by atoms with E-state index >= 15 is 0 Å². The first-order valence-electron chi connectivity index (χ1n) is 9.34. The van der Waals surface area contributed by atoms with Crippen molar-refractivity contribution < 1.29 is 4.79 Å². The molecule has 0 saturated carbocycles. The standard InChI is InChI=1S/C20H26N4O/c25-20(22-18-8-9-19-21-10-12-24(19)15-18)17-7-4-11-23(14-17)13-16-5-2-1-3-6-16/h1-3,5-6,10,12,17-18H,4,7-9,11,13-15H2,(H,22,25)/t17-,18-/m0/s1. The first-order valence-corrected chi connectivity index (χ1v) is 9.34. The van der Waals surface area contributed by atoms with Gasteiger partial charge in [0.2, 0.25) is 5.91 Å². The molecule has 0 spiro atoms. The Morgan fingerprint density at radius 1 is 1.20 bits per heavy atom. The molecule has 1 saturated heterocycles. The number of carbonyl (C=O) groups excluding carboxylic acids is 1. The molecule has 1 N–H and O–H groups in total. The predicted octanol–water partition coefficient (Wildman–Crippen LogP) is 2.23. The van der Waals surface area contributed by atoms with Crippen molar-refractivity contribution in [3.05, 3.63) is 54.1 Å². The van der Waals surface area contributed by atoms with Crippen LogP contribution in [0, 0.1) is 5.92 Å². The maximum absolute atomic E-state index is 12.8. The van der Waals surface area contributed by atoms with Crippen LogP contribution in [-0.4, -0.2) is 39.5 Å². The topological polar surface area (TPSA) is 50.2 Å². The molecular formula is C20H26N4O. The van der Waals surface area contributed by atoms with Gasteiger partial charge in [0.15, 0.2) is 0 Å². The smallest absolute Gasteiger partial charge is 0.224 e. The Morgan fingerprint density at radius 3 is 2.96 bits per heavy atom. The van der Waals surface area contributed by atoms with Gasteiger partial charge < -0.3 is 9.88 Å². The number of carbonyl (C=O) groups is 1. The molecule has 0 radical (unpaired) electrons. The lowest BCUT2D eigenvalue weighted by molar-refractivity contribution is -0.127. The van der Waals surface area contributed by atoms with E-state index in [2.05, 4.69) is 44.0 Å². The summed E-state index contributed by atoms with van der Waals surface area (Å²) in [4.78, 5) is 19.5. The maximum Gasteiger partial charge on any atom is 0.224 e. The van der Waals surface area contributed by atoms with Crippen LogP contribution in [0.15, 0.2) is 42.7 Å². The molecule has 1 fully saturated rings. The molecule has 1 amide bonds. The van der Waals surface area contributed by atoms with Crippen molar-refractivity contribution >= 4 is 5.91 Å². The normalized spacial score (nSPS) is 23.8. The van der Waals surface area contributed by atoms with Gasteiger partial charge in [-0.1, -0.05) is 30.3 Å². The van der Waals surface area contributed by atoms with E-state index in [1.54, 1.807) is 0 Å². The second-order valence-electron chi connectivity index (χ2n) is 7.30. The number of amides is 1. The number of benzene rings is 1. The molecule has 2 aromatic rings. The third-order valence-corrected chi connectivity index (χ3v) is 5.41. The summed E-state index contributed by atoms with van der Waals surface area (Å²) in [7, 11) is 0. The van der Waals surface area contributed by atoms with Crippen molar-refractivity contribution in [2.24, 2.45) is 5.92 Å². The van der Waals surface area contributed by atoms with Crippen molar-refractivity contribution in [2.45, 2.75) is 44.8 Å². The molecule has 0 aliphatic carbocycles. The zero-order chi connectivity index (χ0) is 17.1. The largest absolute Gasteiger partial charge is 0.351 e. The number of likely N-dealkylation sites (tertiary alicyclic amines) is 1. The van der Waals surface area contributed by atoms with E-state index in [-0.39, 0.29) is 17.9 Å². The monoisotopic (exact) mass is 338 g/mol. The summed E-state index contributed by atoms with van der Waals surface area (Å²) in [6.07, 6.45) is 7.89.